The highest BCUT2D eigenvalue weighted by Crippen LogP contribution is 2.24. The third-order valence-electron chi connectivity index (χ3n) is 2.33. The van der Waals surface area contributed by atoms with Crippen LogP contribution in [0.25, 0.3) is 0 Å². The number of methoxy groups -OCH3 is 1. The van der Waals surface area contributed by atoms with Crippen molar-refractivity contribution in [1.82, 2.24) is 4.98 Å². The number of nitriles is 1. The van der Waals surface area contributed by atoms with Crippen molar-refractivity contribution in [1.29, 1.82) is 5.26 Å². The van der Waals surface area contributed by atoms with Gasteiger partial charge in [0.05, 0.1) is 24.4 Å². The SMILES string of the molecule is COc1ccc(F)c(Nc2cc(C#N)ccn2)c1. The summed E-state index contributed by atoms with van der Waals surface area (Å²) in [6.45, 7) is 0. The van der Waals surface area contributed by atoms with Gasteiger partial charge in [0.25, 0.3) is 0 Å². The van der Waals surface area contributed by atoms with Crippen molar-refractivity contribution in [3.63, 3.8) is 0 Å². The van der Waals surface area contributed by atoms with Crippen LogP contribution in [0.2, 0.25) is 0 Å². The average molecular weight is 243 g/mol. The van der Waals surface area contributed by atoms with Crippen molar-refractivity contribution >= 4 is 11.5 Å². The molecule has 0 radical (unpaired) electrons. The van der Waals surface area contributed by atoms with Crippen LogP contribution in [0.5, 0.6) is 5.75 Å². The Kier molecular flexibility index (Phi) is 3.39. The number of anilines is 2. The molecule has 5 heteroatoms. The fourth-order valence-electron chi connectivity index (χ4n) is 1.43. The summed E-state index contributed by atoms with van der Waals surface area (Å²) in [4.78, 5) is 4.01. The Morgan fingerprint density at radius 3 is 2.89 bits per heavy atom. The van der Waals surface area contributed by atoms with Crippen LogP contribution >= 0.6 is 0 Å². The van der Waals surface area contributed by atoms with E-state index < -0.39 is 5.82 Å². The van der Waals surface area contributed by atoms with Gasteiger partial charge in [0.15, 0.2) is 0 Å². The van der Waals surface area contributed by atoms with E-state index in [-0.39, 0.29) is 5.69 Å². The van der Waals surface area contributed by atoms with Crippen LogP contribution < -0.4 is 10.1 Å². The van der Waals surface area contributed by atoms with Crippen LogP contribution in [0.3, 0.4) is 0 Å². The Balaban J connectivity index is 2.30. The van der Waals surface area contributed by atoms with Gasteiger partial charge in [0, 0.05) is 12.3 Å². The van der Waals surface area contributed by atoms with Crippen LogP contribution in [-0.2, 0) is 0 Å². The zero-order chi connectivity index (χ0) is 13.0. The van der Waals surface area contributed by atoms with Crippen molar-refractivity contribution in [2.75, 3.05) is 12.4 Å². The smallest absolute Gasteiger partial charge is 0.146 e. The van der Waals surface area contributed by atoms with Gasteiger partial charge in [0.1, 0.15) is 17.4 Å². The number of hydrogen-bond acceptors (Lipinski definition) is 4. The molecule has 90 valence electrons. The Labute approximate surface area is 104 Å². The number of hydrogen-bond donors (Lipinski definition) is 1. The summed E-state index contributed by atoms with van der Waals surface area (Å²) in [5.74, 6) is 0.525. The second kappa shape index (κ2) is 5.15. The van der Waals surface area contributed by atoms with Gasteiger partial charge >= 0.3 is 0 Å². The van der Waals surface area contributed by atoms with E-state index >= 15 is 0 Å². The van der Waals surface area contributed by atoms with E-state index in [2.05, 4.69) is 10.3 Å². The maximum Gasteiger partial charge on any atom is 0.146 e. The van der Waals surface area contributed by atoms with Gasteiger partial charge in [0.2, 0.25) is 0 Å². The van der Waals surface area contributed by atoms with E-state index in [4.69, 9.17) is 10.00 Å². The molecule has 0 bridgehead atoms. The molecule has 18 heavy (non-hydrogen) atoms. The first-order valence-corrected chi connectivity index (χ1v) is 5.19. The normalized spacial score (nSPS) is 9.61. The number of pyridine rings is 1. The second-order valence-electron chi connectivity index (χ2n) is 3.51. The zero-order valence-electron chi connectivity index (χ0n) is 9.64. The topological polar surface area (TPSA) is 57.9 Å². The predicted octanol–water partition coefficient (Wildman–Crippen LogP) is 2.84. The molecule has 0 fully saturated rings. The molecule has 2 rings (SSSR count). The van der Waals surface area contributed by atoms with Gasteiger partial charge < -0.3 is 10.1 Å². The lowest BCUT2D eigenvalue weighted by Gasteiger charge is -2.08. The quantitative estimate of drug-likeness (QED) is 0.900. The highest BCUT2D eigenvalue weighted by Gasteiger charge is 2.05. The van der Waals surface area contributed by atoms with Crippen LogP contribution in [0.15, 0.2) is 36.5 Å². The first-order chi connectivity index (χ1) is 8.72. The number of ether oxygens (including phenoxy) is 1. The summed E-state index contributed by atoms with van der Waals surface area (Å²) in [5.41, 5.74) is 0.702. The van der Waals surface area contributed by atoms with Gasteiger partial charge in [-0.15, -0.1) is 0 Å². The average Bonchev–Trinajstić information content (AvgIpc) is 2.41. The van der Waals surface area contributed by atoms with Crippen molar-refractivity contribution < 1.29 is 9.13 Å². The molecule has 0 atom stereocenters. The first-order valence-electron chi connectivity index (χ1n) is 5.19. The largest absolute Gasteiger partial charge is 0.497 e. The molecule has 0 amide bonds. The third-order valence-corrected chi connectivity index (χ3v) is 2.33. The summed E-state index contributed by atoms with van der Waals surface area (Å²) in [7, 11) is 1.51. The maximum atomic E-state index is 13.6. The standard InChI is InChI=1S/C13H10FN3O/c1-18-10-2-3-11(14)12(7-10)17-13-6-9(8-15)4-5-16-13/h2-7H,1H3,(H,16,17). The van der Waals surface area contributed by atoms with Crippen molar-refractivity contribution in [2.24, 2.45) is 0 Å². The van der Waals surface area contributed by atoms with Crippen molar-refractivity contribution in [3.8, 4) is 11.8 Å². The Morgan fingerprint density at radius 1 is 1.33 bits per heavy atom. The number of nitrogens with zero attached hydrogens (tertiary/aromatic N) is 2. The number of aromatic nitrogens is 1. The number of nitrogens with one attached hydrogen (secondary N) is 1. The molecule has 0 unspecified atom stereocenters. The minimum Gasteiger partial charge on any atom is -0.497 e. The monoisotopic (exact) mass is 243 g/mol. The van der Waals surface area contributed by atoms with E-state index in [1.54, 1.807) is 12.1 Å². The molecule has 0 saturated heterocycles. The van der Waals surface area contributed by atoms with E-state index in [1.165, 1.54) is 31.5 Å². The fourth-order valence-corrected chi connectivity index (χ4v) is 1.43. The van der Waals surface area contributed by atoms with Gasteiger partial charge in [-0.1, -0.05) is 0 Å². The molecule has 1 N–H and O–H groups in total. The highest BCUT2D eigenvalue weighted by atomic mass is 19.1. The van der Waals surface area contributed by atoms with Crippen molar-refractivity contribution in [2.45, 2.75) is 0 Å². The van der Waals surface area contributed by atoms with E-state index in [0.29, 0.717) is 17.1 Å². The molecule has 1 heterocycles. The predicted molar refractivity (Wildman–Crippen MR) is 65.2 cm³/mol. The van der Waals surface area contributed by atoms with Crippen LogP contribution in [-0.4, -0.2) is 12.1 Å². The van der Waals surface area contributed by atoms with Gasteiger partial charge in [-0.25, -0.2) is 9.37 Å². The molecular weight excluding hydrogens is 233 g/mol. The first kappa shape index (κ1) is 11.9. The zero-order valence-corrected chi connectivity index (χ0v) is 9.64. The lowest BCUT2D eigenvalue weighted by Crippen LogP contribution is -1.97. The summed E-state index contributed by atoms with van der Waals surface area (Å²) in [6, 6.07) is 9.46. The lowest BCUT2D eigenvalue weighted by molar-refractivity contribution is 0.414. The van der Waals surface area contributed by atoms with E-state index in [0.717, 1.165) is 0 Å². The van der Waals surface area contributed by atoms with Crippen molar-refractivity contribution in [3.05, 3.63) is 47.9 Å². The van der Waals surface area contributed by atoms with Crippen LogP contribution in [0.1, 0.15) is 5.56 Å². The molecule has 4 nitrogen and oxygen atoms in total. The fraction of sp³-hybridized carbons (Fsp3) is 0.0769. The van der Waals surface area contributed by atoms with E-state index in [9.17, 15) is 4.39 Å². The third kappa shape index (κ3) is 2.55. The summed E-state index contributed by atoms with van der Waals surface area (Å²) < 4.78 is 18.6. The van der Waals surface area contributed by atoms with Crippen LogP contribution in [0, 0.1) is 17.1 Å². The Hall–Kier alpha value is -2.61. The summed E-state index contributed by atoms with van der Waals surface area (Å²) in [6.07, 6.45) is 1.49. The van der Waals surface area contributed by atoms with Gasteiger partial charge in [-0.3, -0.25) is 0 Å². The summed E-state index contributed by atoms with van der Waals surface area (Å²) in [5, 5.41) is 11.6. The number of halogens is 1. The molecule has 0 aliphatic carbocycles. The van der Waals surface area contributed by atoms with Crippen LogP contribution in [0.4, 0.5) is 15.9 Å². The Bertz CT molecular complexity index is 607. The molecule has 2 aromatic rings. The minimum atomic E-state index is -0.417. The lowest BCUT2D eigenvalue weighted by atomic mass is 10.2. The molecule has 1 aromatic carbocycles. The van der Waals surface area contributed by atoms with Gasteiger partial charge in [-0.05, 0) is 24.3 Å². The minimum absolute atomic E-state index is 0.247. The second-order valence-corrected chi connectivity index (χ2v) is 3.51. The van der Waals surface area contributed by atoms with Gasteiger partial charge in [-0.2, -0.15) is 5.26 Å². The molecule has 0 aliphatic rings. The molecule has 0 aliphatic heterocycles. The summed E-state index contributed by atoms with van der Waals surface area (Å²) >= 11 is 0. The molecular formula is C13H10FN3O. The highest BCUT2D eigenvalue weighted by molar-refractivity contribution is 5.60. The Morgan fingerprint density at radius 2 is 2.17 bits per heavy atom. The number of benzene rings is 1. The molecule has 1 aromatic heterocycles. The van der Waals surface area contributed by atoms with E-state index in [1.807, 2.05) is 6.07 Å². The maximum absolute atomic E-state index is 13.6. The molecule has 0 spiro atoms. The molecule has 0 saturated carbocycles. The number of rotatable bonds is 3.